The molecular weight excluding hydrogens is 276 g/mol. The van der Waals surface area contributed by atoms with Crippen molar-refractivity contribution in [2.75, 3.05) is 0 Å². The molecule has 10 heteroatoms. The average Bonchev–Trinajstić information content (AvgIpc) is 1.25. The average molecular weight is 276 g/mol. The van der Waals surface area contributed by atoms with Gasteiger partial charge in [0.05, 0.1) is 0 Å². The van der Waals surface area contributed by atoms with E-state index >= 15 is 0 Å². The van der Waals surface area contributed by atoms with E-state index in [0.717, 1.165) is 0 Å². The van der Waals surface area contributed by atoms with Crippen LogP contribution in [0.1, 0.15) is 0 Å². The Labute approximate surface area is 82.7 Å². The van der Waals surface area contributed by atoms with Gasteiger partial charge < -0.3 is 28.1 Å². The molecule has 0 aromatic rings. The van der Waals surface area contributed by atoms with Crippen molar-refractivity contribution in [3.8, 4) is 0 Å². The van der Waals surface area contributed by atoms with Gasteiger partial charge in [0.15, 0.2) is 0 Å². The van der Waals surface area contributed by atoms with Gasteiger partial charge in [0, 0.05) is 18.3 Å². The molecule has 0 aliphatic heterocycles. The zero-order valence-corrected chi connectivity index (χ0v) is 10.5. The maximum atomic E-state index is 8.52. The van der Waals surface area contributed by atoms with Gasteiger partial charge in [0.25, 0.3) is 0 Å². The summed E-state index contributed by atoms with van der Waals surface area (Å²) in [6.45, 7) is 0. The van der Waals surface area contributed by atoms with Crippen LogP contribution in [-0.4, -0.2) is 18.3 Å². The van der Waals surface area contributed by atoms with Crippen LogP contribution in [-0.2, 0) is 45.2 Å². The minimum Gasteiger partial charge on any atom is -0.672 e. The summed E-state index contributed by atoms with van der Waals surface area (Å²) in [6, 6.07) is 0. The summed E-state index contributed by atoms with van der Waals surface area (Å²) in [5, 5.41) is 0. The summed E-state index contributed by atoms with van der Waals surface area (Å²) < 4.78 is 17.0. The van der Waals surface area contributed by atoms with Gasteiger partial charge in [-0.1, -0.05) is 0 Å². The number of hydrogen-bond acceptors (Lipinski definition) is 6. The van der Waals surface area contributed by atoms with Crippen LogP contribution in [0.25, 0.3) is 0 Å². The van der Waals surface area contributed by atoms with Crippen molar-refractivity contribution < 1.29 is 64.4 Å². The van der Waals surface area contributed by atoms with Gasteiger partial charge in [-0.15, -0.1) is 0 Å². The molecule has 0 bridgehead atoms. The second-order valence-corrected chi connectivity index (χ2v) is 1.50. The molecule has 0 unspecified atom stereocenters. The molecule has 10 heavy (non-hydrogen) atoms. The van der Waals surface area contributed by atoms with Crippen LogP contribution in [0.2, 0.25) is 0 Å². The fourth-order valence-electron chi connectivity index (χ4n) is 0. The topological polar surface area (TPSA) is 126 Å². The normalized spacial score (nSPS) is 4.80. The molecule has 0 aromatic carbocycles. The molecular formula is CoO6Si2Zn. The molecule has 0 aromatic heterocycles. The third kappa shape index (κ3) is 3430. The molecule has 0 heterocycles. The molecule has 0 N–H and O–H groups in total. The molecule has 0 amide bonds. The van der Waals surface area contributed by atoms with Crippen LogP contribution in [0.3, 0.4) is 0 Å². The predicted octanol–water partition coefficient (Wildman–Crippen LogP) is -5.76. The zero-order chi connectivity index (χ0) is 7.15. The minimum absolute atomic E-state index is 0. The molecule has 0 saturated carbocycles. The largest absolute Gasteiger partial charge is 2.00 e. The first-order chi connectivity index (χ1) is 3.46. The Bertz CT molecular complexity index is 73.7. The standard InChI is InChI=1S/Co.2O3Si.Zn/c;2*1-4(2)3;/q+2;2*-2;+2. The molecule has 0 saturated heterocycles. The third-order valence-corrected chi connectivity index (χ3v) is 0. The SMILES string of the molecule is O=[Si]([O-])[O-].O=[Si]([O-])[O-].[Co+2].[Zn+2]. The first kappa shape index (κ1) is 22.4. The molecule has 0 spiro atoms. The third-order valence-electron chi connectivity index (χ3n) is 0. The molecule has 55 valence electrons. The van der Waals surface area contributed by atoms with Crippen molar-refractivity contribution in [2.24, 2.45) is 0 Å². The first-order valence-corrected chi connectivity index (χ1v) is 3.67. The number of hydrogen-bond donors (Lipinski definition) is 0. The first-order valence-electron chi connectivity index (χ1n) is 1.22. The molecule has 0 aliphatic carbocycles. The van der Waals surface area contributed by atoms with Crippen molar-refractivity contribution >= 4 is 18.3 Å². The van der Waals surface area contributed by atoms with E-state index in [2.05, 4.69) is 0 Å². The summed E-state index contributed by atoms with van der Waals surface area (Å²) in [7, 11) is -7.26. The Morgan fingerprint density at radius 3 is 0.800 bits per heavy atom. The Morgan fingerprint density at radius 1 is 0.800 bits per heavy atom. The van der Waals surface area contributed by atoms with Crippen molar-refractivity contribution in [3.05, 3.63) is 0 Å². The Morgan fingerprint density at radius 2 is 0.800 bits per heavy atom. The summed E-state index contributed by atoms with van der Waals surface area (Å²) in [5.41, 5.74) is 0. The van der Waals surface area contributed by atoms with Gasteiger partial charge in [-0.25, -0.2) is 0 Å². The molecule has 0 rings (SSSR count). The van der Waals surface area contributed by atoms with Gasteiger partial charge in [-0.2, -0.15) is 0 Å². The van der Waals surface area contributed by atoms with E-state index in [1.807, 2.05) is 0 Å². The van der Waals surface area contributed by atoms with E-state index in [0.29, 0.717) is 0 Å². The number of rotatable bonds is 0. The van der Waals surface area contributed by atoms with Crippen LogP contribution in [0, 0.1) is 0 Å². The summed E-state index contributed by atoms with van der Waals surface area (Å²) in [5.74, 6) is 0. The second-order valence-electron chi connectivity index (χ2n) is 0.500. The van der Waals surface area contributed by atoms with Gasteiger partial charge in [0.2, 0.25) is 0 Å². The molecule has 0 fully saturated rings. The molecule has 1 radical (unpaired) electrons. The molecule has 6 nitrogen and oxygen atoms in total. The van der Waals surface area contributed by atoms with E-state index in [-0.39, 0.29) is 36.3 Å². The summed E-state index contributed by atoms with van der Waals surface area (Å²) in [4.78, 5) is 34.1. The van der Waals surface area contributed by atoms with Crippen LogP contribution in [0.5, 0.6) is 0 Å². The summed E-state index contributed by atoms with van der Waals surface area (Å²) in [6.07, 6.45) is 0. The Balaban J connectivity index is -0.0000000300. The predicted molar refractivity (Wildman–Crippen MR) is 12.9 cm³/mol. The van der Waals surface area contributed by atoms with Crippen molar-refractivity contribution in [3.63, 3.8) is 0 Å². The maximum Gasteiger partial charge on any atom is 2.00 e. The van der Waals surface area contributed by atoms with Crippen molar-refractivity contribution in [2.45, 2.75) is 0 Å². The van der Waals surface area contributed by atoms with Gasteiger partial charge in [0.1, 0.15) is 0 Å². The minimum atomic E-state index is -3.63. The van der Waals surface area contributed by atoms with Gasteiger partial charge in [-0.3, -0.25) is 0 Å². The second kappa shape index (κ2) is 16.2. The van der Waals surface area contributed by atoms with E-state index in [1.165, 1.54) is 0 Å². The zero-order valence-electron chi connectivity index (χ0n) is 4.49. The van der Waals surface area contributed by atoms with Crippen molar-refractivity contribution in [1.29, 1.82) is 0 Å². The Kier molecular flexibility index (Phi) is 36.3. The van der Waals surface area contributed by atoms with Crippen LogP contribution < -0.4 is 19.2 Å². The fraction of sp³-hybridized carbons (Fsp3) is 0. The van der Waals surface area contributed by atoms with Crippen LogP contribution in [0.15, 0.2) is 0 Å². The Hall–Kier alpha value is 0.364. The van der Waals surface area contributed by atoms with E-state index in [9.17, 15) is 0 Å². The van der Waals surface area contributed by atoms with Crippen molar-refractivity contribution in [1.82, 2.24) is 0 Å². The van der Waals surface area contributed by atoms with Gasteiger partial charge in [-0.05, 0) is 0 Å². The fourth-order valence-corrected chi connectivity index (χ4v) is 0. The van der Waals surface area contributed by atoms with Gasteiger partial charge >= 0.3 is 36.3 Å². The van der Waals surface area contributed by atoms with E-state index < -0.39 is 18.3 Å². The van der Waals surface area contributed by atoms with Crippen LogP contribution in [0.4, 0.5) is 0 Å². The van der Waals surface area contributed by atoms with Crippen LogP contribution >= 0.6 is 0 Å². The molecule has 0 aliphatic rings. The van der Waals surface area contributed by atoms with E-state index in [1.54, 1.807) is 0 Å². The molecule has 0 atom stereocenters. The van der Waals surface area contributed by atoms with E-state index in [4.69, 9.17) is 28.1 Å². The maximum absolute atomic E-state index is 8.52. The smallest absolute Gasteiger partial charge is 0.672 e. The quantitative estimate of drug-likeness (QED) is 0.406. The monoisotopic (exact) mass is 275 g/mol. The summed E-state index contributed by atoms with van der Waals surface area (Å²) >= 11 is 0.